The van der Waals surface area contributed by atoms with Crippen molar-refractivity contribution in [3.8, 4) is 16.9 Å². The molecule has 2 saturated heterocycles. The number of rotatable bonds is 6. The van der Waals surface area contributed by atoms with Crippen LogP contribution in [0.15, 0.2) is 67.1 Å². The highest BCUT2D eigenvalue weighted by atomic mass is 16.8. The SMILES string of the molecule is CCOc1cccc(Nc2ncnc3c2c(-c2ccccc2)cn3[C@@H]2OC[C@H]3OC(C)(C)O[C@@H]23)c1. The minimum absolute atomic E-state index is 0.117. The number of benzene rings is 2. The van der Waals surface area contributed by atoms with E-state index in [9.17, 15) is 0 Å². The van der Waals surface area contributed by atoms with Gasteiger partial charge in [-0.2, -0.15) is 0 Å². The molecule has 0 bridgehead atoms. The lowest BCUT2D eigenvalue weighted by Crippen LogP contribution is -2.27. The normalized spacial score (nSPS) is 22.9. The van der Waals surface area contributed by atoms with E-state index in [1.807, 2.05) is 63.2 Å². The Morgan fingerprint density at radius 1 is 1.09 bits per heavy atom. The van der Waals surface area contributed by atoms with E-state index in [1.54, 1.807) is 6.33 Å². The molecule has 2 aliphatic heterocycles. The van der Waals surface area contributed by atoms with Crippen LogP contribution in [0.25, 0.3) is 22.2 Å². The van der Waals surface area contributed by atoms with Gasteiger partial charge in [0.25, 0.3) is 0 Å². The van der Waals surface area contributed by atoms with Gasteiger partial charge in [-0.25, -0.2) is 9.97 Å². The fourth-order valence-electron chi connectivity index (χ4n) is 4.94. The van der Waals surface area contributed by atoms with Crippen molar-refractivity contribution in [1.82, 2.24) is 14.5 Å². The molecule has 3 atom stereocenters. The van der Waals surface area contributed by atoms with Crippen molar-refractivity contribution in [1.29, 1.82) is 0 Å². The maximum absolute atomic E-state index is 6.22. The van der Waals surface area contributed by atoms with Gasteiger partial charge < -0.3 is 28.8 Å². The van der Waals surface area contributed by atoms with Crippen LogP contribution < -0.4 is 10.1 Å². The summed E-state index contributed by atoms with van der Waals surface area (Å²) in [6, 6.07) is 18.1. The molecule has 8 nitrogen and oxygen atoms in total. The van der Waals surface area contributed by atoms with E-state index in [0.717, 1.165) is 33.6 Å². The highest BCUT2D eigenvalue weighted by Crippen LogP contribution is 2.43. The summed E-state index contributed by atoms with van der Waals surface area (Å²) in [4.78, 5) is 9.30. The van der Waals surface area contributed by atoms with Crippen LogP contribution in [0.1, 0.15) is 27.0 Å². The molecule has 0 unspecified atom stereocenters. The summed E-state index contributed by atoms with van der Waals surface area (Å²) in [6.07, 6.45) is 2.96. The molecule has 4 aromatic rings. The highest BCUT2D eigenvalue weighted by molar-refractivity contribution is 6.02. The Hall–Kier alpha value is -3.46. The first-order valence-electron chi connectivity index (χ1n) is 11.9. The fraction of sp³-hybridized carbons (Fsp3) is 0.333. The van der Waals surface area contributed by atoms with Crippen LogP contribution in [0, 0.1) is 0 Å². The van der Waals surface area contributed by atoms with Crippen molar-refractivity contribution in [3.63, 3.8) is 0 Å². The van der Waals surface area contributed by atoms with Crippen molar-refractivity contribution in [2.45, 2.75) is 45.0 Å². The topological polar surface area (TPSA) is 79.7 Å². The van der Waals surface area contributed by atoms with E-state index in [0.29, 0.717) is 19.0 Å². The van der Waals surface area contributed by atoms with E-state index in [1.165, 1.54) is 0 Å². The van der Waals surface area contributed by atoms with Gasteiger partial charge in [0, 0.05) is 23.5 Å². The predicted octanol–water partition coefficient (Wildman–Crippen LogP) is 5.29. The molecule has 0 amide bonds. The molecule has 2 aromatic heterocycles. The Morgan fingerprint density at radius 3 is 2.77 bits per heavy atom. The molecule has 0 saturated carbocycles. The molecule has 0 radical (unpaired) electrons. The van der Waals surface area contributed by atoms with Crippen LogP contribution in [-0.2, 0) is 14.2 Å². The Kier molecular flexibility index (Phi) is 5.44. The number of fused-ring (bicyclic) bond motifs is 2. The molecule has 2 aromatic carbocycles. The lowest BCUT2D eigenvalue weighted by molar-refractivity contribution is -0.183. The Balaban J connectivity index is 1.47. The van der Waals surface area contributed by atoms with Crippen molar-refractivity contribution in [3.05, 3.63) is 67.1 Å². The average Bonchev–Trinajstić information content (AvgIpc) is 3.50. The van der Waals surface area contributed by atoms with Crippen molar-refractivity contribution >= 4 is 22.5 Å². The van der Waals surface area contributed by atoms with Gasteiger partial charge in [-0.1, -0.05) is 36.4 Å². The summed E-state index contributed by atoms with van der Waals surface area (Å²) in [6.45, 7) is 6.92. The number of hydrogen-bond acceptors (Lipinski definition) is 7. The second-order valence-electron chi connectivity index (χ2n) is 9.19. The van der Waals surface area contributed by atoms with Crippen molar-refractivity contribution < 1.29 is 18.9 Å². The first-order valence-corrected chi connectivity index (χ1v) is 11.9. The molecule has 35 heavy (non-hydrogen) atoms. The van der Waals surface area contributed by atoms with Crippen molar-refractivity contribution in [2.75, 3.05) is 18.5 Å². The molecule has 1 N–H and O–H groups in total. The second kappa shape index (κ2) is 8.64. The standard InChI is InChI=1S/C27H28N4O4/c1-4-32-19-12-8-11-18(13-19)30-24-22-20(17-9-6-5-7-10-17)14-31(25(22)29-16-28-24)26-23-21(15-33-26)34-27(2,3)35-23/h5-14,16,21,23,26H,4,15H2,1-3H3,(H,28,29,30)/t21-,23-,26-/m1/s1. The molecule has 4 heterocycles. The van der Waals surface area contributed by atoms with Crippen LogP contribution in [-0.4, -0.2) is 45.7 Å². The van der Waals surface area contributed by atoms with Crippen LogP contribution in [0.5, 0.6) is 5.75 Å². The van der Waals surface area contributed by atoms with Gasteiger partial charge in [0.15, 0.2) is 12.0 Å². The number of ether oxygens (including phenoxy) is 4. The summed E-state index contributed by atoms with van der Waals surface area (Å²) in [5, 5.41) is 4.39. The first kappa shape index (κ1) is 22.0. The van der Waals surface area contributed by atoms with Gasteiger partial charge in [-0.05, 0) is 38.5 Å². The monoisotopic (exact) mass is 472 g/mol. The van der Waals surface area contributed by atoms with Gasteiger partial charge in [-0.15, -0.1) is 0 Å². The number of anilines is 2. The molecule has 0 aliphatic carbocycles. The van der Waals surface area contributed by atoms with Gasteiger partial charge in [-0.3, -0.25) is 0 Å². The predicted molar refractivity (Wildman–Crippen MR) is 133 cm³/mol. The van der Waals surface area contributed by atoms with Crippen LogP contribution in [0.2, 0.25) is 0 Å². The maximum atomic E-state index is 6.22. The van der Waals surface area contributed by atoms with Crippen LogP contribution >= 0.6 is 0 Å². The van der Waals surface area contributed by atoms with E-state index >= 15 is 0 Å². The molecule has 2 aliphatic rings. The van der Waals surface area contributed by atoms with E-state index < -0.39 is 5.79 Å². The minimum atomic E-state index is -0.643. The third-order valence-corrected chi connectivity index (χ3v) is 6.31. The molecule has 8 heteroatoms. The van der Waals surface area contributed by atoms with Crippen LogP contribution in [0.3, 0.4) is 0 Å². The third kappa shape index (κ3) is 4.03. The molecule has 6 rings (SSSR count). The number of nitrogens with zero attached hydrogens (tertiary/aromatic N) is 3. The molecule has 0 spiro atoms. The number of hydrogen-bond donors (Lipinski definition) is 1. The van der Waals surface area contributed by atoms with Crippen molar-refractivity contribution in [2.24, 2.45) is 0 Å². The Bertz CT molecular complexity index is 1350. The molecule has 180 valence electrons. The zero-order valence-corrected chi connectivity index (χ0v) is 20.0. The molecular weight excluding hydrogens is 444 g/mol. The summed E-state index contributed by atoms with van der Waals surface area (Å²) in [5.74, 6) is 0.866. The lowest BCUT2D eigenvalue weighted by atomic mass is 10.1. The van der Waals surface area contributed by atoms with E-state index in [2.05, 4.69) is 38.2 Å². The summed E-state index contributed by atoms with van der Waals surface area (Å²) in [7, 11) is 0. The number of aromatic nitrogens is 3. The fourth-order valence-corrected chi connectivity index (χ4v) is 4.94. The minimum Gasteiger partial charge on any atom is -0.494 e. The van der Waals surface area contributed by atoms with Gasteiger partial charge in [0.1, 0.15) is 35.7 Å². The Morgan fingerprint density at radius 2 is 1.94 bits per heavy atom. The quantitative estimate of drug-likeness (QED) is 0.408. The first-order chi connectivity index (χ1) is 17.0. The third-order valence-electron chi connectivity index (χ3n) is 6.31. The zero-order valence-electron chi connectivity index (χ0n) is 20.0. The Labute approximate surface area is 203 Å². The highest BCUT2D eigenvalue weighted by Gasteiger charge is 2.51. The van der Waals surface area contributed by atoms with Gasteiger partial charge in [0.2, 0.25) is 0 Å². The smallest absolute Gasteiger partial charge is 0.164 e. The van der Waals surface area contributed by atoms with Crippen LogP contribution in [0.4, 0.5) is 11.5 Å². The summed E-state index contributed by atoms with van der Waals surface area (Å²) >= 11 is 0. The number of nitrogens with one attached hydrogen (secondary N) is 1. The van der Waals surface area contributed by atoms with Gasteiger partial charge >= 0.3 is 0 Å². The van der Waals surface area contributed by atoms with E-state index in [4.69, 9.17) is 18.9 Å². The summed E-state index contributed by atoms with van der Waals surface area (Å²) < 4.78 is 26.2. The average molecular weight is 473 g/mol. The molecular formula is C27H28N4O4. The van der Waals surface area contributed by atoms with Gasteiger partial charge in [0.05, 0.1) is 18.6 Å². The zero-order chi connectivity index (χ0) is 24.0. The lowest BCUT2D eigenvalue weighted by Gasteiger charge is -2.23. The second-order valence-corrected chi connectivity index (χ2v) is 9.19. The molecule has 2 fully saturated rings. The maximum Gasteiger partial charge on any atom is 0.164 e. The summed E-state index contributed by atoms with van der Waals surface area (Å²) in [5.41, 5.74) is 3.72. The largest absolute Gasteiger partial charge is 0.494 e. The van der Waals surface area contributed by atoms with E-state index in [-0.39, 0.29) is 18.4 Å².